The summed E-state index contributed by atoms with van der Waals surface area (Å²) >= 11 is 0. The second-order valence-corrected chi connectivity index (χ2v) is 4.89. The average molecular weight is 272 g/mol. The summed E-state index contributed by atoms with van der Waals surface area (Å²) < 4.78 is 5.50. The molecule has 3 heteroatoms. The first-order valence-electron chi connectivity index (χ1n) is 7.03. The lowest BCUT2D eigenvalue weighted by molar-refractivity contribution is -0.150. The number of aliphatic carboxylic acids is 1. The molecule has 0 amide bonds. The zero-order valence-electron chi connectivity index (χ0n) is 11.7. The van der Waals surface area contributed by atoms with E-state index in [0.717, 1.165) is 29.2 Å². The van der Waals surface area contributed by atoms with E-state index in [0.29, 0.717) is 13.0 Å². The molecule has 1 atom stereocenters. The number of rotatable bonds is 7. The molecular formula is C17H20O3. The van der Waals surface area contributed by atoms with Crippen molar-refractivity contribution in [2.45, 2.75) is 32.3 Å². The van der Waals surface area contributed by atoms with Gasteiger partial charge in [-0.25, -0.2) is 4.79 Å². The number of carbonyl (C=O) groups is 1. The van der Waals surface area contributed by atoms with Crippen LogP contribution < -0.4 is 0 Å². The summed E-state index contributed by atoms with van der Waals surface area (Å²) in [7, 11) is 0. The first-order chi connectivity index (χ1) is 9.72. The van der Waals surface area contributed by atoms with Crippen LogP contribution in [0.15, 0.2) is 42.5 Å². The molecule has 0 heterocycles. The smallest absolute Gasteiger partial charge is 0.333 e. The predicted octanol–water partition coefficient (Wildman–Crippen LogP) is 3.65. The molecule has 0 fully saturated rings. The van der Waals surface area contributed by atoms with E-state index in [4.69, 9.17) is 4.74 Å². The van der Waals surface area contributed by atoms with Crippen molar-refractivity contribution in [2.75, 3.05) is 6.61 Å². The second kappa shape index (κ2) is 7.06. The highest BCUT2D eigenvalue weighted by atomic mass is 16.5. The van der Waals surface area contributed by atoms with Gasteiger partial charge in [0.15, 0.2) is 6.10 Å². The Morgan fingerprint density at radius 3 is 2.70 bits per heavy atom. The standard InChI is InChI=1S/C17H20O3/c1-2-3-11-20-16(17(18)19)12-14-9-6-8-13-7-4-5-10-15(13)14/h4-10,16H,2-3,11-12H2,1H3,(H,18,19)/t16-/m1/s1. The zero-order valence-corrected chi connectivity index (χ0v) is 11.7. The lowest BCUT2D eigenvalue weighted by atomic mass is 10.00. The van der Waals surface area contributed by atoms with Crippen LogP contribution in [-0.2, 0) is 16.0 Å². The Labute approximate surface area is 119 Å². The van der Waals surface area contributed by atoms with Gasteiger partial charge in [0.2, 0.25) is 0 Å². The summed E-state index contributed by atoms with van der Waals surface area (Å²) in [6, 6.07) is 14.0. The molecule has 2 aromatic carbocycles. The highest BCUT2D eigenvalue weighted by Crippen LogP contribution is 2.20. The van der Waals surface area contributed by atoms with E-state index in [2.05, 4.69) is 6.92 Å². The van der Waals surface area contributed by atoms with E-state index in [1.807, 2.05) is 42.5 Å². The van der Waals surface area contributed by atoms with Gasteiger partial charge in [-0.05, 0) is 22.8 Å². The van der Waals surface area contributed by atoms with E-state index in [-0.39, 0.29) is 0 Å². The molecule has 2 aromatic rings. The first-order valence-corrected chi connectivity index (χ1v) is 7.03. The van der Waals surface area contributed by atoms with Crippen LogP contribution >= 0.6 is 0 Å². The second-order valence-electron chi connectivity index (χ2n) is 4.89. The third-order valence-electron chi connectivity index (χ3n) is 3.38. The summed E-state index contributed by atoms with van der Waals surface area (Å²) in [6.07, 6.45) is 1.52. The fourth-order valence-electron chi connectivity index (χ4n) is 2.26. The molecular weight excluding hydrogens is 252 g/mol. The summed E-state index contributed by atoms with van der Waals surface area (Å²) in [4.78, 5) is 11.3. The van der Waals surface area contributed by atoms with Crippen LogP contribution in [0.25, 0.3) is 10.8 Å². The minimum atomic E-state index is -0.894. The lowest BCUT2D eigenvalue weighted by Gasteiger charge is -2.15. The first kappa shape index (κ1) is 14.5. The molecule has 0 aliphatic heterocycles. The predicted molar refractivity (Wildman–Crippen MR) is 79.9 cm³/mol. The van der Waals surface area contributed by atoms with Crippen molar-refractivity contribution in [3.63, 3.8) is 0 Å². The molecule has 0 saturated heterocycles. The largest absolute Gasteiger partial charge is 0.479 e. The molecule has 2 rings (SSSR count). The fourth-order valence-corrected chi connectivity index (χ4v) is 2.26. The van der Waals surface area contributed by atoms with Crippen LogP contribution in [0, 0.1) is 0 Å². The van der Waals surface area contributed by atoms with E-state index >= 15 is 0 Å². The lowest BCUT2D eigenvalue weighted by Crippen LogP contribution is -2.27. The van der Waals surface area contributed by atoms with Gasteiger partial charge in [0.05, 0.1) is 0 Å². The normalized spacial score (nSPS) is 12.4. The number of benzene rings is 2. The highest BCUT2D eigenvalue weighted by molar-refractivity contribution is 5.86. The molecule has 0 aliphatic carbocycles. The Morgan fingerprint density at radius 2 is 1.95 bits per heavy atom. The van der Waals surface area contributed by atoms with Gasteiger partial charge in [-0.15, -0.1) is 0 Å². The van der Waals surface area contributed by atoms with Crippen LogP contribution in [0.1, 0.15) is 25.3 Å². The number of carboxylic acid groups (broad SMARTS) is 1. The molecule has 1 N–H and O–H groups in total. The van der Waals surface area contributed by atoms with Gasteiger partial charge in [-0.1, -0.05) is 55.8 Å². The maximum atomic E-state index is 11.3. The van der Waals surface area contributed by atoms with Gasteiger partial charge in [-0.2, -0.15) is 0 Å². The van der Waals surface area contributed by atoms with Crippen LogP contribution in [0.3, 0.4) is 0 Å². The quantitative estimate of drug-likeness (QED) is 0.782. The molecule has 0 aliphatic rings. The molecule has 0 saturated carbocycles. The molecule has 3 nitrogen and oxygen atoms in total. The Kier molecular flexibility index (Phi) is 5.13. The van der Waals surface area contributed by atoms with Crippen molar-refractivity contribution >= 4 is 16.7 Å². The third kappa shape index (κ3) is 3.58. The summed E-state index contributed by atoms with van der Waals surface area (Å²) in [5.74, 6) is -0.894. The molecule has 0 aromatic heterocycles. The average Bonchev–Trinajstić information content (AvgIpc) is 2.46. The number of fused-ring (bicyclic) bond motifs is 1. The summed E-state index contributed by atoms with van der Waals surface area (Å²) in [6.45, 7) is 2.56. The van der Waals surface area contributed by atoms with Crippen molar-refractivity contribution in [3.8, 4) is 0 Å². The van der Waals surface area contributed by atoms with E-state index < -0.39 is 12.1 Å². The van der Waals surface area contributed by atoms with E-state index in [9.17, 15) is 9.90 Å². The fraction of sp³-hybridized carbons (Fsp3) is 0.353. The number of hydrogen-bond acceptors (Lipinski definition) is 2. The molecule has 0 spiro atoms. The Bertz CT molecular complexity index is 572. The minimum absolute atomic E-state index is 0.403. The van der Waals surface area contributed by atoms with Gasteiger partial charge in [0.25, 0.3) is 0 Å². The number of ether oxygens (including phenoxy) is 1. The molecule has 20 heavy (non-hydrogen) atoms. The SMILES string of the molecule is CCCCO[C@H](Cc1cccc2ccccc12)C(=O)O. The van der Waals surface area contributed by atoms with Gasteiger partial charge >= 0.3 is 5.97 Å². The Hall–Kier alpha value is -1.87. The molecule has 106 valence electrons. The summed E-state index contributed by atoms with van der Waals surface area (Å²) in [5, 5.41) is 11.5. The van der Waals surface area contributed by atoms with Crippen LogP contribution in [0.5, 0.6) is 0 Å². The van der Waals surface area contributed by atoms with E-state index in [1.165, 1.54) is 0 Å². The maximum absolute atomic E-state index is 11.3. The highest BCUT2D eigenvalue weighted by Gasteiger charge is 2.19. The van der Waals surface area contributed by atoms with Crippen molar-refractivity contribution in [3.05, 3.63) is 48.0 Å². The number of hydrogen-bond donors (Lipinski definition) is 1. The van der Waals surface area contributed by atoms with Crippen LogP contribution in [0.2, 0.25) is 0 Å². The van der Waals surface area contributed by atoms with Crippen molar-refractivity contribution in [1.82, 2.24) is 0 Å². The Morgan fingerprint density at radius 1 is 1.20 bits per heavy atom. The molecule has 0 unspecified atom stereocenters. The monoisotopic (exact) mass is 272 g/mol. The third-order valence-corrected chi connectivity index (χ3v) is 3.38. The Balaban J connectivity index is 2.18. The maximum Gasteiger partial charge on any atom is 0.333 e. The van der Waals surface area contributed by atoms with Crippen LogP contribution in [0.4, 0.5) is 0 Å². The van der Waals surface area contributed by atoms with E-state index in [1.54, 1.807) is 0 Å². The van der Waals surface area contributed by atoms with Crippen LogP contribution in [-0.4, -0.2) is 23.8 Å². The van der Waals surface area contributed by atoms with Gasteiger partial charge < -0.3 is 9.84 Å². The van der Waals surface area contributed by atoms with Crippen molar-refractivity contribution < 1.29 is 14.6 Å². The summed E-state index contributed by atoms with van der Waals surface area (Å²) in [5.41, 5.74) is 1.02. The van der Waals surface area contributed by atoms with Gasteiger partial charge in [0, 0.05) is 13.0 Å². The number of carboxylic acids is 1. The minimum Gasteiger partial charge on any atom is -0.479 e. The number of unbranched alkanes of at least 4 members (excludes halogenated alkanes) is 1. The van der Waals surface area contributed by atoms with Crippen molar-refractivity contribution in [1.29, 1.82) is 0 Å². The zero-order chi connectivity index (χ0) is 14.4. The van der Waals surface area contributed by atoms with Gasteiger partial charge in [0.1, 0.15) is 0 Å². The van der Waals surface area contributed by atoms with Crippen molar-refractivity contribution in [2.24, 2.45) is 0 Å². The van der Waals surface area contributed by atoms with Gasteiger partial charge in [-0.3, -0.25) is 0 Å². The molecule has 0 bridgehead atoms. The topological polar surface area (TPSA) is 46.5 Å². The molecule has 0 radical (unpaired) electrons.